The lowest BCUT2D eigenvalue weighted by Gasteiger charge is -2.38. The maximum atomic E-state index is 12.5. The molecule has 2 bridgehead atoms. The molecule has 0 aromatic heterocycles. The van der Waals surface area contributed by atoms with Crippen LogP contribution in [-0.4, -0.2) is 67.2 Å². The Morgan fingerprint density at radius 2 is 1.60 bits per heavy atom. The molecule has 0 radical (unpaired) electrons. The highest BCUT2D eigenvalue weighted by Crippen LogP contribution is 2.56. The van der Waals surface area contributed by atoms with Gasteiger partial charge in [-0.05, 0) is 13.8 Å². The van der Waals surface area contributed by atoms with Crippen LogP contribution in [-0.2, 0) is 19.2 Å². The minimum Gasteiger partial charge on any atom is -0.297 e. The summed E-state index contributed by atoms with van der Waals surface area (Å²) in [6.45, 7) is 3.32. The van der Waals surface area contributed by atoms with Gasteiger partial charge in [-0.2, -0.15) is 0 Å². The molecular formula is C12H13N3O4S. The van der Waals surface area contributed by atoms with Crippen LogP contribution in [0.5, 0.6) is 0 Å². The van der Waals surface area contributed by atoms with Crippen molar-refractivity contribution >= 4 is 35.3 Å². The second kappa shape index (κ2) is 3.36. The molecule has 4 unspecified atom stereocenters. The highest BCUT2D eigenvalue weighted by molar-refractivity contribution is 8.00. The third kappa shape index (κ3) is 1.00. The first-order chi connectivity index (χ1) is 9.41. The molecule has 0 aromatic carbocycles. The molecule has 4 heterocycles. The Morgan fingerprint density at radius 1 is 1.00 bits per heavy atom. The van der Waals surface area contributed by atoms with Crippen molar-refractivity contribution in [3.8, 4) is 0 Å². The van der Waals surface area contributed by atoms with Crippen LogP contribution < -0.4 is 0 Å². The summed E-state index contributed by atoms with van der Waals surface area (Å²) in [7, 11) is 0. The number of thioether (sulfide) groups is 1. The Labute approximate surface area is 119 Å². The Bertz CT molecular complexity index is 589. The molecule has 0 N–H and O–H groups in total. The van der Waals surface area contributed by atoms with Crippen molar-refractivity contribution < 1.29 is 19.2 Å². The SMILES string of the molecule is CC1C(=O)N2C(C)C(=O)N3C4CSC23N1C(=O)CC4=O. The summed E-state index contributed by atoms with van der Waals surface area (Å²) < 4.78 is 0. The first-order valence-electron chi connectivity index (χ1n) is 6.56. The fraction of sp³-hybridized carbons (Fsp3) is 0.667. The first kappa shape index (κ1) is 12.2. The number of Topliss-reactive ketones (excluding diaryl/α,β-unsaturated/α-hetero) is 1. The molecular weight excluding hydrogens is 282 g/mol. The number of hydrogen-bond donors (Lipinski definition) is 0. The number of carbonyl (C=O) groups is 4. The van der Waals surface area contributed by atoms with Crippen molar-refractivity contribution in [1.82, 2.24) is 14.7 Å². The van der Waals surface area contributed by atoms with E-state index < -0.39 is 23.2 Å². The highest BCUT2D eigenvalue weighted by Gasteiger charge is 2.74. The summed E-state index contributed by atoms with van der Waals surface area (Å²) in [5.74, 6) is -0.606. The number of carbonyl (C=O) groups excluding carboxylic acids is 4. The number of rotatable bonds is 0. The molecule has 4 rings (SSSR count). The number of ketones is 1. The zero-order valence-electron chi connectivity index (χ0n) is 11.0. The van der Waals surface area contributed by atoms with E-state index in [1.165, 1.54) is 26.5 Å². The van der Waals surface area contributed by atoms with Crippen LogP contribution in [0.15, 0.2) is 0 Å². The maximum Gasteiger partial charge on any atom is 0.252 e. The van der Waals surface area contributed by atoms with Crippen LogP contribution >= 0.6 is 11.8 Å². The predicted octanol–water partition coefficient (Wildman–Crippen LogP) is -1.02. The van der Waals surface area contributed by atoms with Crippen molar-refractivity contribution in [2.24, 2.45) is 0 Å². The molecule has 106 valence electrons. The molecule has 4 aliphatic heterocycles. The summed E-state index contributed by atoms with van der Waals surface area (Å²) in [6.07, 6.45) is -0.226. The van der Waals surface area contributed by atoms with E-state index in [-0.39, 0.29) is 29.9 Å². The monoisotopic (exact) mass is 295 g/mol. The van der Waals surface area contributed by atoms with Crippen LogP contribution in [0, 0.1) is 0 Å². The Balaban J connectivity index is 2.00. The van der Waals surface area contributed by atoms with Gasteiger partial charge in [0.25, 0.3) is 5.12 Å². The van der Waals surface area contributed by atoms with E-state index in [9.17, 15) is 19.2 Å². The number of amides is 3. The van der Waals surface area contributed by atoms with Gasteiger partial charge in [-0.1, -0.05) is 11.8 Å². The fourth-order valence-corrected chi connectivity index (χ4v) is 5.61. The lowest BCUT2D eigenvalue weighted by molar-refractivity contribution is -0.143. The Hall–Kier alpha value is -1.57. The van der Waals surface area contributed by atoms with Gasteiger partial charge in [-0.25, -0.2) is 0 Å². The fourth-order valence-electron chi connectivity index (χ4n) is 3.75. The zero-order chi connectivity index (χ0) is 14.4. The van der Waals surface area contributed by atoms with Gasteiger partial charge in [0.05, 0.1) is 6.42 Å². The number of hydrogen-bond acceptors (Lipinski definition) is 5. The van der Waals surface area contributed by atoms with Gasteiger partial charge in [0.2, 0.25) is 17.7 Å². The highest BCUT2D eigenvalue weighted by atomic mass is 32.2. The van der Waals surface area contributed by atoms with Gasteiger partial charge < -0.3 is 0 Å². The van der Waals surface area contributed by atoms with E-state index in [0.29, 0.717) is 5.75 Å². The van der Waals surface area contributed by atoms with Crippen molar-refractivity contribution in [3.63, 3.8) is 0 Å². The molecule has 7 nitrogen and oxygen atoms in total. The van der Waals surface area contributed by atoms with Crippen LogP contribution in [0.4, 0.5) is 0 Å². The molecule has 4 atom stereocenters. The van der Waals surface area contributed by atoms with Gasteiger partial charge in [0.1, 0.15) is 18.1 Å². The smallest absolute Gasteiger partial charge is 0.252 e. The van der Waals surface area contributed by atoms with Gasteiger partial charge in [0, 0.05) is 5.75 Å². The summed E-state index contributed by atoms with van der Waals surface area (Å²) in [4.78, 5) is 53.9. The quantitative estimate of drug-likeness (QED) is 0.534. The van der Waals surface area contributed by atoms with E-state index >= 15 is 0 Å². The topological polar surface area (TPSA) is 78.0 Å². The lowest BCUT2D eigenvalue weighted by atomic mass is 10.1. The van der Waals surface area contributed by atoms with E-state index in [1.54, 1.807) is 13.8 Å². The molecule has 3 amide bonds. The van der Waals surface area contributed by atoms with Crippen molar-refractivity contribution in [1.29, 1.82) is 0 Å². The minimum absolute atomic E-state index is 0.218. The van der Waals surface area contributed by atoms with E-state index in [4.69, 9.17) is 0 Å². The van der Waals surface area contributed by atoms with Gasteiger partial charge >= 0.3 is 0 Å². The molecule has 0 aliphatic carbocycles. The molecule has 0 aromatic rings. The van der Waals surface area contributed by atoms with Crippen molar-refractivity contribution in [2.45, 2.75) is 43.5 Å². The van der Waals surface area contributed by atoms with Gasteiger partial charge in [-0.3, -0.25) is 33.9 Å². The average Bonchev–Trinajstić information content (AvgIpc) is 2.90. The van der Waals surface area contributed by atoms with Gasteiger partial charge in [-0.15, -0.1) is 0 Å². The molecule has 0 saturated carbocycles. The average molecular weight is 295 g/mol. The standard InChI is InChI=1S/C12H13N3O4S/c1-5-10(18)14-6(2)11(19)15-7-4-20-12(14,15)13(5)9(17)3-8(7)16/h5-7H,3-4H2,1-2H3. The van der Waals surface area contributed by atoms with Crippen molar-refractivity contribution in [2.75, 3.05) is 5.75 Å². The summed E-state index contributed by atoms with van der Waals surface area (Å²) in [6, 6.07) is -1.84. The predicted molar refractivity (Wildman–Crippen MR) is 68.1 cm³/mol. The Kier molecular flexibility index (Phi) is 2.05. The van der Waals surface area contributed by atoms with E-state index in [2.05, 4.69) is 0 Å². The molecule has 1 spiro atoms. The second-order valence-corrected chi connectivity index (χ2v) is 6.75. The summed E-state index contributed by atoms with van der Waals surface area (Å²) >= 11 is 1.34. The molecule has 4 aliphatic rings. The third-order valence-electron chi connectivity index (χ3n) is 4.62. The van der Waals surface area contributed by atoms with E-state index in [1.807, 2.05) is 0 Å². The maximum absolute atomic E-state index is 12.5. The van der Waals surface area contributed by atoms with Crippen LogP contribution in [0.3, 0.4) is 0 Å². The number of nitrogens with zero attached hydrogens (tertiary/aromatic N) is 3. The zero-order valence-corrected chi connectivity index (χ0v) is 11.8. The molecule has 8 heteroatoms. The van der Waals surface area contributed by atoms with E-state index in [0.717, 1.165) is 0 Å². The van der Waals surface area contributed by atoms with Crippen LogP contribution in [0.1, 0.15) is 20.3 Å². The lowest BCUT2D eigenvalue weighted by Crippen LogP contribution is -2.57. The summed E-state index contributed by atoms with van der Waals surface area (Å²) in [5.41, 5.74) is 0. The largest absolute Gasteiger partial charge is 0.297 e. The summed E-state index contributed by atoms with van der Waals surface area (Å²) in [5, 5.41) is -1.10. The Morgan fingerprint density at radius 3 is 2.30 bits per heavy atom. The van der Waals surface area contributed by atoms with Gasteiger partial charge in [0.15, 0.2) is 5.78 Å². The first-order valence-corrected chi connectivity index (χ1v) is 7.55. The van der Waals surface area contributed by atoms with Crippen LogP contribution in [0.2, 0.25) is 0 Å². The van der Waals surface area contributed by atoms with Crippen LogP contribution in [0.25, 0.3) is 0 Å². The van der Waals surface area contributed by atoms with Crippen molar-refractivity contribution in [3.05, 3.63) is 0 Å². The second-order valence-electron chi connectivity index (χ2n) is 5.58. The molecule has 20 heavy (non-hydrogen) atoms. The molecule has 4 fully saturated rings. The third-order valence-corrected chi connectivity index (χ3v) is 6.08. The normalized spacial score (nSPS) is 42.7. The molecule has 4 saturated heterocycles. The minimum atomic E-state index is -1.10.